The molecule has 5 rings (SSSR count). The van der Waals surface area contributed by atoms with Gasteiger partial charge >= 0.3 is 6.03 Å². The first kappa shape index (κ1) is 21.0. The van der Waals surface area contributed by atoms with Crippen LogP contribution in [0.15, 0.2) is 36.7 Å². The van der Waals surface area contributed by atoms with E-state index >= 15 is 0 Å². The largest absolute Gasteiger partial charge is 0.342 e. The van der Waals surface area contributed by atoms with E-state index in [2.05, 4.69) is 4.98 Å². The summed E-state index contributed by atoms with van der Waals surface area (Å²) in [7, 11) is 0. The minimum Gasteiger partial charge on any atom is -0.342 e. The summed E-state index contributed by atoms with van der Waals surface area (Å²) in [6, 6.07) is 7.35. The Kier molecular flexibility index (Phi) is 5.63. The Balaban J connectivity index is 1.16. The van der Waals surface area contributed by atoms with Crippen LogP contribution < -0.4 is 0 Å². The summed E-state index contributed by atoms with van der Waals surface area (Å²) in [5, 5.41) is 0.348. The Hall–Kier alpha value is -2.87. The molecule has 1 atom stereocenters. The quantitative estimate of drug-likeness (QED) is 0.667. The molecular formula is C23H26ClN5O3. The molecule has 2 aromatic heterocycles. The minimum absolute atomic E-state index is 0.0351. The number of likely N-dealkylation sites (tertiary alicyclic amines) is 2. The lowest BCUT2D eigenvalue weighted by atomic mass is 9.94. The lowest BCUT2D eigenvalue weighted by Crippen LogP contribution is -2.51. The van der Waals surface area contributed by atoms with Crippen LogP contribution in [0.3, 0.4) is 0 Å². The van der Waals surface area contributed by atoms with E-state index in [1.165, 1.54) is 6.20 Å². The van der Waals surface area contributed by atoms with Crippen LogP contribution in [-0.2, 0) is 11.3 Å². The zero-order chi connectivity index (χ0) is 22.2. The molecule has 3 amide bonds. The topological polar surface area (TPSA) is 78.8 Å². The highest BCUT2D eigenvalue weighted by Gasteiger charge is 2.37. The molecule has 5 heterocycles. The number of pyridine rings is 1. The van der Waals surface area contributed by atoms with Crippen molar-refractivity contribution in [2.75, 3.05) is 26.2 Å². The van der Waals surface area contributed by atoms with E-state index < -0.39 is 0 Å². The molecule has 0 aliphatic carbocycles. The first-order valence-electron chi connectivity index (χ1n) is 11.2. The molecule has 1 unspecified atom stereocenters. The van der Waals surface area contributed by atoms with Gasteiger partial charge in [0.15, 0.2) is 0 Å². The normalized spacial score (nSPS) is 21.7. The molecule has 9 heteroatoms. The fourth-order valence-corrected chi connectivity index (χ4v) is 5.21. The van der Waals surface area contributed by atoms with Crippen molar-refractivity contribution >= 4 is 29.4 Å². The van der Waals surface area contributed by atoms with Crippen LogP contribution in [-0.4, -0.2) is 74.3 Å². The molecule has 8 nitrogen and oxygen atoms in total. The summed E-state index contributed by atoms with van der Waals surface area (Å²) in [5.74, 6) is -0.172. The maximum Gasteiger partial charge on any atom is 0.329 e. The van der Waals surface area contributed by atoms with Crippen molar-refractivity contribution in [3.05, 3.63) is 53.1 Å². The van der Waals surface area contributed by atoms with Crippen molar-refractivity contribution in [2.45, 2.75) is 38.3 Å². The van der Waals surface area contributed by atoms with E-state index in [1.807, 2.05) is 28.1 Å². The van der Waals surface area contributed by atoms with Gasteiger partial charge in [0, 0.05) is 50.3 Å². The number of carbonyl (C=O) groups excluding carboxylic acids is 3. The fourth-order valence-electron chi connectivity index (χ4n) is 5.10. The summed E-state index contributed by atoms with van der Waals surface area (Å²) in [4.78, 5) is 48.2. The molecule has 0 saturated carbocycles. The third kappa shape index (κ3) is 3.88. The molecule has 32 heavy (non-hydrogen) atoms. The first-order valence-corrected chi connectivity index (χ1v) is 11.6. The average molecular weight is 456 g/mol. The summed E-state index contributed by atoms with van der Waals surface area (Å²) < 4.78 is 1.71. The SMILES string of the molecule is O=C(c1ccc(Cl)nc1)N1CCCC(C(=O)N2CCC(N3Cc4cccn4C3=O)CC2)C1. The Labute approximate surface area is 191 Å². The highest BCUT2D eigenvalue weighted by molar-refractivity contribution is 6.29. The van der Waals surface area contributed by atoms with Crippen molar-refractivity contribution in [2.24, 2.45) is 5.92 Å². The third-order valence-corrected chi connectivity index (χ3v) is 7.09. The molecule has 2 fully saturated rings. The van der Waals surface area contributed by atoms with E-state index in [-0.39, 0.29) is 29.8 Å². The van der Waals surface area contributed by atoms with Gasteiger partial charge in [0.1, 0.15) is 5.15 Å². The van der Waals surface area contributed by atoms with Gasteiger partial charge in [-0.1, -0.05) is 11.6 Å². The second-order valence-corrected chi connectivity index (χ2v) is 9.18. The second kappa shape index (κ2) is 8.58. The van der Waals surface area contributed by atoms with Crippen LogP contribution in [0.2, 0.25) is 5.15 Å². The van der Waals surface area contributed by atoms with E-state index in [4.69, 9.17) is 11.6 Å². The van der Waals surface area contributed by atoms with Gasteiger partial charge in [-0.15, -0.1) is 0 Å². The van der Waals surface area contributed by atoms with E-state index in [0.29, 0.717) is 43.4 Å². The van der Waals surface area contributed by atoms with Gasteiger partial charge in [-0.2, -0.15) is 0 Å². The van der Waals surface area contributed by atoms with Gasteiger partial charge in [0.2, 0.25) is 5.91 Å². The number of hydrogen-bond donors (Lipinski definition) is 0. The fraction of sp³-hybridized carbons (Fsp3) is 0.478. The van der Waals surface area contributed by atoms with E-state index in [9.17, 15) is 14.4 Å². The number of hydrogen-bond acceptors (Lipinski definition) is 4. The molecular weight excluding hydrogens is 430 g/mol. The number of aromatic nitrogens is 2. The van der Waals surface area contributed by atoms with Crippen LogP contribution in [0, 0.1) is 5.92 Å². The van der Waals surface area contributed by atoms with Gasteiger partial charge in [-0.3, -0.25) is 14.2 Å². The Morgan fingerprint density at radius 3 is 2.56 bits per heavy atom. The van der Waals surface area contributed by atoms with Crippen molar-refractivity contribution in [3.63, 3.8) is 0 Å². The molecule has 3 aliphatic heterocycles. The summed E-state index contributed by atoms with van der Waals surface area (Å²) in [5.41, 5.74) is 1.51. The smallest absolute Gasteiger partial charge is 0.329 e. The molecule has 0 bridgehead atoms. The molecule has 0 aromatic carbocycles. The van der Waals surface area contributed by atoms with Gasteiger partial charge in [-0.05, 0) is 49.9 Å². The Bertz CT molecular complexity index is 1030. The summed E-state index contributed by atoms with van der Waals surface area (Å²) in [6.45, 7) is 3.01. The van der Waals surface area contributed by atoms with Crippen LogP contribution >= 0.6 is 11.6 Å². The van der Waals surface area contributed by atoms with Crippen molar-refractivity contribution in [1.82, 2.24) is 24.3 Å². The molecule has 0 spiro atoms. The number of amides is 3. The van der Waals surface area contributed by atoms with Crippen LogP contribution in [0.25, 0.3) is 0 Å². The van der Waals surface area contributed by atoms with Crippen LogP contribution in [0.1, 0.15) is 41.7 Å². The van der Waals surface area contributed by atoms with Gasteiger partial charge < -0.3 is 14.7 Å². The Morgan fingerprint density at radius 2 is 1.84 bits per heavy atom. The van der Waals surface area contributed by atoms with Gasteiger partial charge in [0.05, 0.1) is 18.0 Å². The van der Waals surface area contributed by atoms with E-state index in [0.717, 1.165) is 31.4 Å². The summed E-state index contributed by atoms with van der Waals surface area (Å²) >= 11 is 5.82. The van der Waals surface area contributed by atoms with Gasteiger partial charge in [0.25, 0.3) is 5.91 Å². The molecule has 0 N–H and O–H groups in total. The van der Waals surface area contributed by atoms with E-state index in [1.54, 1.807) is 21.6 Å². The number of fused-ring (bicyclic) bond motifs is 1. The maximum atomic E-state index is 13.2. The molecule has 2 aromatic rings. The standard InChI is InChI=1S/C23H26ClN5O3/c24-20-6-5-16(13-25-20)21(30)27-9-1-3-17(14-27)22(31)26-11-7-18(8-12-26)29-15-19-4-2-10-28(19)23(29)32/h2,4-6,10,13,17-18H,1,3,7-9,11-12,14-15H2. The average Bonchev–Trinajstić information content (AvgIpc) is 3.42. The lowest BCUT2D eigenvalue weighted by molar-refractivity contribution is -0.138. The first-order chi connectivity index (χ1) is 15.5. The molecule has 0 radical (unpaired) electrons. The number of carbonyl (C=O) groups is 3. The number of piperidine rings is 2. The van der Waals surface area contributed by atoms with Crippen molar-refractivity contribution in [1.29, 1.82) is 0 Å². The highest BCUT2D eigenvalue weighted by atomic mass is 35.5. The van der Waals surface area contributed by atoms with Crippen molar-refractivity contribution < 1.29 is 14.4 Å². The Morgan fingerprint density at radius 1 is 1.03 bits per heavy atom. The summed E-state index contributed by atoms with van der Waals surface area (Å²) in [6.07, 6.45) is 6.47. The monoisotopic (exact) mass is 455 g/mol. The molecule has 3 aliphatic rings. The third-order valence-electron chi connectivity index (χ3n) is 6.87. The number of nitrogens with zero attached hydrogens (tertiary/aromatic N) is 5. The van der Waals surface area contributed by atoms with Crippen LogP contribution in [0.5, 0.6) is 0 Å². The molecule has 2 saturated heterocycles. The zero-order valence-corrected chi connectivity index (χ0v) is 18.6. The minimum atomic E-state index is -0.182. The lowest BCUT2D eigenvalue weighted by Gasteiger charge is -2.39. The molecule has 168 valence electrons. The maximum absolute atomic E-state index is 13.2. The van der Waals surface area contributed by atoms with Crippen molar-refractivity contribution in [3.8, 4) is 0 Å². The zero-order valence-electron chi connectivity index (χ0n) is 17.8. The predicted molar refractivity (Wildman–Crippen MR) is 118 cm³/mol. The number of rotatable bonds is 3. The van der Waals surface area contributed by atoms with Crippen LogP contribution in [0.4, 0.5) is 4.79 Å². The number of halogens is 1. The van der Waals surface area contributed by atoms with Gasteiger partial charge in [-0.25, -0.2) is 9.78 Å². The predicted octanol–water partition coefficient (Wildman–Crippen LogP) is 2.86. The highest BCUT2D eigenvalue weighted by Crippen LogP contribution is 2.27. The second-order valence-electron chi connectivity index (χ2n) is 8.80.